The van der Waals surface area contributed by atoms with Gasteiger partial charge in [-0.15, -0.1) is 0 Å². The van der Waals surface area contributed by atoms with Crippen LogP contribution in [0.5, 0.6) is 0 Å². The van der Waals surface area contributed by atoms with Crippen LogP contribution in [0.1, 0.15) is 12.8 Å². The smallest absolute Gasteiger partial charge is 0.237 e. The molecular weight excluding hydrogens is 214 g/mol. The SMILES string of the molecule is NC(=O)CC(N)C(=O)NCCCOCCO. The Morgan fingerprint density at radius 3 is 2.62 bits per heavy atom. The van der Waals surface area contributed by atoms with Crippen LogP contribution in [-0.2, 0) is 14.3 Å². The van der Waals surface area contributed by atoms with Gasteiger partial charge in [0.25, 0.3) is 0 Å². The molecule has 0 aliphatic carbocycles. The predicted molar refractivity (Wildman–Crippen MR) is 57.3 cm³/mol. The number of nitrogens with one attached hydrogen (secondary N) is 1. The number of carbonyl (C=O) groups is 2. The molecule has 0 aliphatic rings. The third kappa shape index (κ3) is 8.16. The molecule has 2 amide bonds. The van der Waals surface area contributed by atoms with Gasteiger partial charge in [0.1, 0.15) is 0 Å². The molecule has 1 unspecified atom stereocenters. The second kappa shape index (κ2) is 9.08. The van der Waals surface area contributed by atoms with Crippen LogP contribution in [0.15, 0.2) is 0 Å². The lowest BCUT2D eigenvalue weighted by atomic mass is 10.2. The molecule has 0 spiro atoms. The van der Waals surface area contributed by atoms with Gasteiger partial charge >= 0.3 is 0 Å². The molecule has 6 N–H and O–H groups in total. The summed E-state index contributed by atoms with van der Waals surface area (Å²) < 4.78 is 4.98. The molecule has 0 bridgehead atoms. The van der Waals surface area contributed by atoms with Gasteiger partial charge in [-0.2, -0.15) is 0 Å². The predicted octanol–water partition coefficient (Wildman–Crippen LogP) is -2.30. The molecule has 0 rings (SSSR count). The van der Waals surface area contributed by atoms with E-state index in [1.54, 1.807) is 0 Å². The van der Waals surface area contributed by atoms with Crippen LogP contribution in [0.25, 0.3) is 0 Å². The van der Waals surface area contributed by atoms with Gasteiger partial charge in [0.05, 0.1) is 25.7 Å². The van der Waals surface area contributed by atoms with Crippen molar-refractivity contribution in [2.45, 2.75) is 18.9 Å². The average molecular weight is 233 g/mol. The number of carbonyl (C=O) groups excluding carboxylic acids is 2. The molecule has 1 atom stereocenters. The number of aliphatic hydroxyl groups excluding tert-OH is 1. The first kappa shape index (κ1) is 14.8. The fourth-order valence-corrected chi connectivity index (χ4v) is 0.993. The molecule has 0 saturated heterocycles. The molecule has 16 heavy (non-hydrogen) atoms. The third-order valence-corrected chi connectivity index (χ3v) is 1.76. The van der Waals surface area contributed by atoms with Gasteiger partial charge in [-0.05, 0) is 6.42 Å². The van der Waals surface area contributed by atoms with Crippen LogP contribution in [-0.4, -0.2) is 49.3 Å². The molecule has 0 saturated carbocycles. The summed E-state index contributed by atoms with van der Waals surface area (Å²) in [7, 11) is 0. The van der Waals surface area contributed by atoms with E-state index in [-0.39, 0.29) is 19.6 Å². The van der Waals surface area contributed by atoms with Crippen LogP contribution in [0.2, 0.25) is 0 Å². The van der Waals surface area contributed by atoms with E-state index in [9.17, 15) is 9.59 Å². The Kier molecular flexibility index (Phi) is 8.41. The molecule has 0 aromatic heterocycles. The van der Waals surface area contributed by atoms with E-state index >= 15 is 0 Å². The van der Waals surface area contributed by atoms with Crippen LogP contribution >= 0.6 is 0 Å². The van der Waals surface area contributed by atoms with Crippen molar-refractivity contribution < 1.29 is 19.4 Å². The van der Waals surface area contributed by atoms with Gasteiger partial charge in [0.2, 0.25) is 11.8 Å². The van der Waals surface area contributed by atoms with Crippen molar-refractivity contribution in [1.29, 1.82) is 0 Å². The summed E-state index contributed by atoms with van der Waals surface area (Å²) in [5.74, 6) is -1.00. The number of ether oxygens (including phenoxy) is 1. The summed E-state index contributed by atoms with van der Waals surface area (Å²) in [4.78, 5) is 21.7. The Balaban J connectivity index is 3.46. The Bertz CT molecular complexity index is 223. The average Bonchev–Trinajstić information content (AvgIpc) is 2.21. The van der Waals surface area contributed by atoms with Crippen molar-refractivity contribution in [3.63, 3.8) is 0 Å². The summed E-state index contributed by atoms with van der Waals surface area (Å²) in [6.07, 6.45) is 0.460. The molecule has 7 nitrogen and oxygen atoms in total. The van der Waals surface area contributed by atoms with Gasteiger partial charge in [-0.3, -0.25) is 9.59 Å². The molecule has 0 aromatic rings. The van der Waals surface area contributed by atoms with E-state index in [4.69, 9.17) is 21.3 Å². The number of primary amides is 1. The minimum absolute atomic E-state index is 0.0180. The quantitative estimate of drug-likeness (QED) is 0.333. The monoisotopic (exact) mass is 233 g/mol. The van der Waals surface area contributed by atoms with E-state index in [0.717, 1.165) is 0 Å². The molecule has 0 aliphatic heterocycles. The normalized spacial score (nSPS) is 12.1. The maximum absolute atomic E-state index is 11.2. The molecule has 0 aromatic carbocycles. The van der Waals surface area contributed by atoms with Gasteiger partial charge in [-0.25, -0.2) is 0 Å². The lowest BCUT2D eigenvalue weighted by Crippen LogP contribution is -2.43. The van der Waals surface area contributed by atoms with Crippen molar-refractivity contribution in [2.24, 2.45) is 11.5 Å². The number of hydrogen-bond acceptors (Lipinski definition) is 5. The molecule has 0 fully saturated rings. The van der Waals surface area contributed by atoms with Crippen molar-refractivity contribution in [2.75, 3.05) is 26.4 Å². The van der Waals surface area contributed by atoms with Gasteiger partial charge < -0.3 is 26.6 Å². The van der Waals surface area contributed by atoms with Gasteiger partial charge in [0, 0.05) is 13.2 Å². The van der Waals surface area contributed by atoms with E-state index in [2.05, 4.69) is 5.32 Å². The first-order valence-corrected chi connectivity index (χ1v) is 5.08. The number of hydrogen-bond donors (Lipinski definition) is 4. The lowest BCUT2D eigenvalue weighted by molar-refractivity contribution is -0.126. The van der Waals surface area contributed by atoms with Crippen molar-refractivity contribution in [1.82, 2.24) is 5.32 Å². The first-order valence-electron chi connectivity index (χ1n) is 5.08. The fraction of sp³-hybridized carbons (Fsp3) is 0.778. The number of nitrogens with two attached hydrogens (primary N) is 2. The highest BCUT2D eigenvalue weighted by atomic mass is 16.5. The summed E-state index contributed by atoms with van der Waals surface area (Å²) in [6, 6.07) is -0.893. The van der Waals surface area contributed by atoms with Gasteiger partial charge in [0.15, 0.2) is 0 Å². The van der Waals surface area contributed by atoms with Crippen molar-refractivity contribution in [3.8, 4) is 0 Å². The second-order valence-corrected chi connectivity index (χ2v) is 3.26. The highest BCUT2D eigenvalue weighted by Gasteiger charge is 2.14. The number of aliphatic hydroxyl groups is 1. The number of rotatable bonds is 9. The summed E-state index contributed by atoms with van der Waals surface area (Å²) in [6.45, 7) is 1.13. The largest absolute Gasteiger partial charge is 0.394 e. The summed E-state index contributed by atoms with van der Waals surface area (Å²) in [5, 5.41) is 11.0. The van der Waals surface area contributed by atoms with Crippen LogP contribution in [0, 0.1) is 0 Å². The lowest BCUT2D eigenvalue weighted by Gasteiger charge is -2.10. The maximum atomic E-state index is 11.2. The molecular formula is C9H19N3O4. The first-order chi connectivity index (χ1) is 7.57. The fourth-order valence-electron chi connectivity index (χ4n) is 0.993. The van der Waals surface area contributed by atoms with Crippen LogP contribution in [0.3, 0.4) is 0 Å². The highest BCUT2D eigenvalue weighted by molar-refractivity contribution is 5.87. The molecule has 0 heterocycles. The summed E-state index contributed by atoms with van der Waals surface area (Å²) in [5.41, 5.74) is 10.3. The van der Waals surface area contributed by atoms with E-state index in [1.165, 1.54) is 0 Å². The third-order valence-electron chi connectivity index (χ3n) is 1.76. The molecule has 0 radical (unpaired) electrons. The number of amides is 2. The Labute approximate surface area is 94.1 Å². The van der Waals surface area contributed by atoms with E-state index < -0.39 is 17.9 Å². The summed E-state index contributed by atoms with van der Waals surface area (Å²) >= 11 is 0. The highest BCUT2D eigenvalue weighted by Crippen LogP contribution is 1.87. The second-order valence-electron chi connectivity index (χ2n) is 3.26. The van der Waals surface area contributed by atoms with E-state index in [1.807, 2.05) is 0 Å². The molecule has 7 heteroatoms. The zero-order valence-electron chi connectivity index (χ0n) is 9.15. The zero-order chi connectivity index (χ0) is 12.4. The zero-order valence-corrected chi connectivity index (χ0v) is 9.15. The maximum Gasteiger partial charge on any atom is 0.237 e. The standard InChI is InChI=1S/C9H19N3O4/c10-7(6-8(11)14)9(15)12-2-1-4-16-5-3-13/h7,13H,1-6,10H2,(H2,11,14)(H,12,15). The topological polar surface area (TPSA) is 128 Å². The molecule has 94 valence electrons. The van der Waals surface area contributed by atoms with Gasteiger partial charge in [-0.1, -0.05) is 0 Å². The van der Waals surface area contributed by atoms with Crippen molar-refractivity contribution >= 4 is 11.8 Å². The van der Waals surface area contributed by atoms with E-state index in [0.29, 0.717) is 19.6 Å². The Morgan fingerprint density at radius 2 is 2.06 bits per heavy atom. The van der Waals surface area contributed by atoms with Crippen LogP contribution < -0.4 is 16.8 Å². The minimum Gasteiger partial charge on any atom is -0.394 e. The Morgan fingerprint density at radius 1 is 1.38 bits per heavy atom. The Hall–Kier alpha value is -1.18. The van der Waals surface area contributed by atoms with Crippen molar-refractivity contribution in [3.05, 3.63) is 0 Å². The minimum atomic E-state index is -0.893. The van der Waals surface area contributed by atoms with Crippen LogP contribution in [0.4, 0.5) is 0 Å².